The van der Waals surface area contributed by atoms with E-state index in [-0.39, 0.29) is 18.0 Å². The van der Waals surface area contributed by atoms with Crippen LogP contribution in [0.3, 0.4) is 0 Å². The van der Waals surface area contributed by atoms with E-state index in [9.17, 15) is 9.59 Å². The number of aromatic nitrogens is 4. The Labute approximate surface area is 188 Å². The first-order chi connectivity index (χ1) is 15.9. The number of para-hydroxylation sites is 2. The predicted octanol–water partition coefficient (Wildman–Crippen LogP) is 4.26. The number of benzene rings is 2. The van der Waals surface area contributed by atoms with Crippen molar-refractivity contribution in [2.45, 2.75) is 33.2 Å². The summed E-state index contributed by atoms with van der Waals surface area (Å²) in [6.45, 7) is 5.58. The van der Waals surface area contributed by atoms with Gasteiger partial charge < -0.3 is 14.3 Å². The average Bonchev–Trinajstić information content (AvgIpc) is 3.43. The van der Waals surface area contributed by atoms with Gasteiger partial charge in [-0.15, -0.1) is 0 Å². The van der Waals surface area contributed by atoms with Crippen molar-refractivity contribution < 1.29 is 13.7 Å². The molecule has 9 heteroatoms. The molecule has 0 aliphatic heterocycles. The molecule has 1 N–H and O–H groups in total. The first kappa shape index (κ1) is 20.6. The SMILES string of the molecule is Cc1cccc(-c2nc(C(C)C)no2)c1NC(=O)Cn1cnc2c(oc3ccccc32)c1=O. The van der Waals surface area contributed by atoms with Crippen LogP contribution in [0, 0.1) is 6.92 Å². The van der Waals surface area contributed by atoms with Crippen LogP contribution in [0.5, 0.6) is 0 Å². The van der Waals surface area contributed by atoms with Crippen LogP contribution in [0.15, 0.2) is 62.5 Å². The number of hydrogen-bond acceptors (Lipinski definition) is 7. The van der Waals surface area contributed by atoms with Gasteiger partial charge >= 0.3 is 0 Å². The van der Waals surface area contributed by atoms with Gasteiger partial charge in [-0.25, -0.2) is 4.98 Å². The zero-order valence-corrected chi connectivity index (χ0v) is 18.3. The fourth-order valence-corrected chi connectivity index (χ4v) is 3.65. The predicted molar refractivity (Wildman–Crippen MR) is 123 cm³/mol. The van der Waals surface area contributed by atoms with E-state index < -0.39 is 11.5 Å². The lowest BCUT2D eigenvalue weighted by Gasteiger charge is -2.12. The summed E-state index contributed by atoms with van der Waals surface area (Å²) in [5, 5.41) is 7.64. The first-order valence-corrected chi connectivity index (χ1v) is 10.5. The quantitative estimate of drug-likeness (QED) is 0.431. The molecule has 0 atom stereocenters. The molecule has 0 saturated heterocycles. The lowest BCUT2D eigenvalue weighted by molar-refractivity contribution is -0.116. The van der Waals surface area contributed by atoms with Crippen LogP contribution in [-0.4, -0.2) is 25.6 Å². The van der Waals surface area contributed by atoms with Crippen molar-refractivity contribution in [1.82, 2.24) is 19.7 Å². The molecule has 5 aromatic rings. The summed E-state index contributed by atoms with van der Waals surface area (Å²) in [7, 11) is 0. The summed E-state index contributed by atoms with van der Waals surface area (Å²) in [5.74, 6) is 0.618. The maximum absolute atomic E-state index is 12.9. The number of carbonyl (C=O) groups is 1. The standard InChI is InChI=1S/C24H21N5O4/c1-13(2)22-27-23(33-28-22)16-9-6-7-14(3)19(16)26-18(30)11-29-12-25-20-15-8-4-5-10-17(15)32-21(20)24(29)31/h4-10,12-13H,11H2,1-3H3,(H,26,30). The minimum atomic E-state index is -0.421. The van der Waals surface area contributed by atoms with Gasteiger partial charge in [0.1, 0.15) is 17.6 Å². The normalized spacial score (nSPS) is 11.5. The molecule has 2 aromatic carbocycles. The van der Waals surface area contributed by atoms with E-state index in [0.29, 0.717) is 34.1 Å². The van der Waals surface area contributed by atoms with E-state index in [2.05, 4.69) is 20.4 Å². The molecule has 1 amide bonds. The fourth-order valence-electron chi connectivity index (χ4n) is 3.65. The number of amides is 1. The molecule has 0 spiro atoms. The van der Waals surface area contributed by atoms with Crippen LogP contribution in [0.2, 0.25) is 0 Å². The van der Waals surface area contributed by atoms with E-state index >= 15 is 0 Å². The van der Waals surface area contributed by atoms with Gasteiger partial charge in [-0.3, -0.25) is 14.2 Å². The van der Waals surface area contributed by atoms with Crippen molar-refractivity contribution >= 4 is 33.7 Å². The number of aryl methyl sites for hydroxylation is 1. The molecule has 3 heterocycles. The van der Waals surface area contributed by atoms with Crippen LogP contribution in [0.4, 0.5) is 5.69 Å². The van der Waals surface area contributed by atoms with E-state index in [1.54, 1.807) is 12.1 Å². The Balaban J connectivity index is 1.45. The molecule has 0 aliphatic carbocycles. The van der Waals surface area contributed by atoms with Gasteiger partial charge in [0.05, 0.1) is 17.6 Å². The Kier molecular flexibility index (Phi) is 5.01. The van der Waals surface area contributed by atoms with Crippen molar-refractivity contribution in [2.75, 3.05) is 5.32 Å². The first-order valence-electron chi connectivity index (χ1n) is 10.5. The lowest BCUT2D eigenvalue weighted by atomic mass is 10.1. The highest BCUT2D eigenvalue weighted by molar-refractivity contribution is 6.02. The zero-order chi connectivity index (χ0) is 23.1. The van der Waals surface area contributed by atoms with Crippen molar-refractivity contribution in [2.24, 2.45) is 0 Å². The minimum absolute atomic E-state index is 0.109. The van der Waals surface area contributed by atoms with E-state index in [1.165, 1.54) is 10.9 Å². The van der Waals surface area contributed by atoms with E-state index in [1.807, 2.05) is 51.1 Å². The molecule has 0 radical (unpaired) electrons. The van der Waals surface area contributed by atoms with Gasteiger partial charge in [0, 0.05) is 11.3 Å². The number of nitrogens with zero attached hydrogens (tertiary/aromatic N) is 4. The number of rotatable bonds is 5. The third-order valence-corrected chi connectivity index (χ3v) is 5.39. The molecule has 0 fully saturated rings. The van der Waals surface area contributed by atoms with Gasteiger partial charge in [-0.1, -0.05) is 43.3 Å². The second-order valence-corrected chi connectivity index (χ2v) is 8.11. The summed E-state index contributed by atoms with van der Waals surface area (Å²) < 4.78 is 12.3. The zero-order valence-electron chi connectivity index (χ0n) is 18.3. The molecular formula is C24H21N5O4. The average molecular weight is 443 g/mol. The number of anilines is 1. The Morgan fingerprint density at radius 1 is 1.15 bits per heavy atom. The number of furan rings is 1. The summed E-state index contributed by atoms with van der Waals surface area (Å²) in [6, 6.07) is 12.8. The molecule has 5 rings (SSSR count). The minimum Gasteiger partial charge on any atom is -0.448 e. The number of nitrogens with one attached hydrogen (secondary N) is 1. The molecule has 0 bridgehead atoms. The highest BCUT2D eigenvalue weighted by Gasteiger charge is 2.19. The van der Waals surface area contributed by atoms with Crippen LogP contribution in [-0.2, 0) is 11.3 Å². The second-order valence-electron chi connectivity index (χ2n) is 8.11. The van der Waals surface area contributed by atoms with Crippen molar-refractivity contribution in [3.8, 4) is 11.5 Å². The Hall–Kier alpha value is -4.27. The molecule has 9 nitrogen and oxygen atoms in total. The second kappa shape index (κ2) is 8.01. The van der Waals surface area contributed by atoms with Gasteiger partial charge in [-0.05, 0) is 30.7 Å². The van der Waals surface area contributed by atoms with Crippen molar-refractivity contribution in [3.05, 3.63) is 70.5 Å². The topological polar surface area (TPSA) is 116 Å². The van der Waals surface area contributed by atoms with Gasteiger partial charge in [0.15, 0.2) is 5.82 Å². The molecule has 3 aromatic heterocycles. The molecular weight excluding hydrogens is 422 g/mol. The number of hydrogen-bond donors (Lipinski definition) is 1. The van der Waals surface area contributed by atoms with Crippen LogP contribution >= 0.6 is 0 Å². The summed E-state index contributed by atoms with van der Waals surface area (Å²) in [6.07, 6.45) is 1.36. The van der Waals surface area contributed by atoms with Crippen LogP contribution in [0.25, 0.3) is 33.5 Å². The van der Waals surface area contributed by atoms with Crippen LogP contribution in [0.1, 0.15) is 31.2 Å². The number of carbonyl (C=O) groups excluding carboxylic acids is 1. The molecule has 0 aliphatic rings. The maximum Gasteiger partial charge on any atom is 0.297 e. The van der Waals surface area contributed by atoms with Crippen molar-refractivity contribution in [1.29, 1.82) is 0 Å². The summed E-state index contributed by atoms with van der Waals surface area (Å²) in [4.78, 5) is 34.6. The Morgan fingerprint density at radius 3 is 2.76 bits per heavy atom. The summed E-state index contributed by atoms with van der Waals surface area (Å²) in [5.41, 5.74) is 2.73. The molecule has 166 valence electrons. The maximum atomic E-state index is 12.9. The molecule has 0 saturated carbocycles. The molecule has 33 heavy (non-hydrogen) atoms. The third-order valence-electron chi connectivity index (χ3n) is 5.39. The Bertz CT molecular complexity index is 1560. The largest absolute Gasteiger partial charge is 0.448 e. The van der Waals surface area contributed by atoms with Crippen LogP contribution < -0.4 is 10.9 Å². The highest BCUT2D eigenvalue weighted by atomic mass is 16.5. The third kappa shape index (κ3) is 3.67. The Morgan fingerprint density at radius 2 is 1.97 bits per heavy atom. The van der Waals surface area contributed by atoms with Gasteiger partial charge in [0.25, 0.3) is 11.4 Å². The van der Waals surface area contributed by atoms with Gasteiger partial charge in [-0.2, -0.15) is 4.98 Å². The fraction of sp³-hybridized carbons (Fsp3) is 0.208. The monoisotopic (exact) mass is 443 g/mol. The highest BCUT2D eigenvalue weighted by Crippen LogP contribution is 2.30. The number of fused-ring (bicyclic) bond motifs is 3. The molecule has 0 unspecified atom stereocenters. The summed E-state index contributed by atoms with van der Waals surface area (Å²) >= 11 is 0. The van der Waals surface area contributed by atoms with Crippen molar-refractivity contribution in [3.63, 3.8) is 0 Å². The van der Waals surface area contributed by atoms with Gasteiger partial charge in [0.2, 0.25) is 11.5 Å². The van der Waals surface area contributed by atoms with E-state index in [0.717, 1.165) is 10.9 Å². The lowest BCUT2D eigenvalue weighted by Crippen LogP contribution is -2.28. The smallest absolute Gasteiger partial charge is 0.297 e. The van der Waals surface area contributed by atoms with E-state index in [4.69, 9.17) is 8.94 Å².